The van der Waals surface area contributed by atoms with E-state index in [9.17, 15) is 9.59 Å². The van der Waals surface area contributed by atoms with E-state index in [2.05, 4.69) is 5.32 Å². The lowest BCUT2D eigenvalue weighted by molar-refractivity contribution is -0.132. The molecule has 0 spiro atoms. The number of hydrogen-bond acceptors (Lipinski definition) is 2. The van der Waals surface area contributed by atoms with E-state index < -0.39 is 0 Å². The van der Waals surface area contributed by atoms with Crippen LogP contribution in [0.1, 0.15) is 6.42 Å². The molecule has 0 saturated carbocycles. The van der Waals surface area contributed by atoms with Gasteiger partial charge in [0.15, 0.2) is 0 Å². The maximum atomic E-state index is 11.1. The summed E-state index contributed by atoms with van der Waals surface area (Å²) in [6, 6.07) is 0. The predicted molar refractivity (Wildman–Crippen MR) is 44.4 cm³/mol. The normalized spacial score (nSPS) is 16.4. The summed E-state index contributed by atoms with van der Waals surface area (Å²) in [4.78, 5) is 23.5. The minimum atomic E-state index is -0.126. The highest BCUT2D eigenvalue weighted by Gasteiger charge is 2.15. The molecule has 12 heavy (non-hydrogen) atoms. The van der Waals surface area contributed by atoms with Gasteiger partial charge in [-0.25, -0.2) is 0 Å². The Balaban J connectivity index is 2.47. The van der Waals surface area contributed by atoms with E-state index in [1.54, 1.807) is 7.05 Å². The quantitative estimate of drug-likeness (QED) is 0.605. The first kappa shape index (κ1) is 8.77. The second-order valence-corrected chi connectivity index (χ2v) is 2.62. The molecular formula is C8H12N2O2. The fourth-order valence-corrected chi connectivity index (χ4v) is 1.04. The van der Waals surface area contributed by atoms with Crippen LogP contribution in [-0.4, -0.2) is 36.9 Å². The van der Waals surface area contributed by atoms with Crippen molar-refractivity contribution in [3.63, 3.8) is 0 Å². The number of carbonyl (C=O) groups is 2. The molecule has 1 heterocycles. The highest BCUT2D eigenvalue weighted by molar-refractivity contribution is 5.91. The van der Waals surface area contributed by atoms with E-state index in [4.69, 9.17) is 0 Å². The zero-order valence-corrected chi connectivity index (χ0v) is 7.04. The summed E-state index contributed by atoms with van der Waals surface area (Å²) < 4.78 is 0. The molecule has 0 saturated heterocycles. The van der Waals surface area contributed by atoms with Gasteiger partial charge in [0.05, 0.1) is 6.54 Å². The minimum Gasteiger partial charge on any atom is -0.358 e. The third-order valence-electron chi connectivity index (χ3n) is 1.75. The van der Waals surface area contributed by atoms with Crippen molar-refractivity contribution in [1.29, 1.82) is 0 Å². The third-order valence-corrected chi connectivity index (χ3v) is 1.75. The van der Waals surface area contributed by atoms with Crippen molar-refractivity contribution < 1.29 is 9.59 Å². The fourth-order valence-electron chi connectivity index (χ4n) is 1.04. The van der Waals surface area contributed by atoms with Gasteiger partial charge in [-0.3, -0.25) is 9.59 Å². The molecule has 0 radical (unpaired) electrons. The number of likely N-dealkylation sites (N-methyl/N-ethyl adjacent to an activating group) is 1. The SMILES string of the molecule is CNC(=O)CN1CCC=CC1=O. The molecule has 0 aromatic heterocycles. The number of nitrogens with one attached hydrogen (secondary N) is 1. The standard InChI is InChI=1S/C8H12N2O2/c1-9-7(11)6-10-5-3-2-4-8(10)12/h2,4H,3,5-6H2,1H3,(H,9,11). The first-order valence-corrected chi connectivity index (χ1v) is 3.90. The second-order valence-electron chi connectivity index (χ2n) is 2.62. The molecule has 0 unspecified atom stereocenters. The van der Waals surface area contributed by atoms with Gasteiger partial charge in [0.1, 0.15) is 0 Å². The minimum absolute atomic E-state index is 0.0788. The van der Waals surface area contributed by atoms with Crippen molar-refractivity contribution >= 4 is 11.8 Å². The largest absolute Gasteiger partial charge is 0.358 e. The van der Waals surface area contributed by atoms with Crippen LogP contribution in [0.25, 0.3) is 0 Å². The maximum absolute atomic E-state index is 11.1. The monoisotopic (exact) mass is 168 g/mol. The maximum Gasteiger partial charge on any atom is 0.246 e. The molecule has 0 aromatic carbocycles. The van der Waals surface area contributed by atoms with Gasteiger partial charge in [-0.15, -0.1) is 0 Å². The Labute approximate surface area is 71.2 Å². The van der Waals surface area contributed by atoms with Gasteiger partial charge in [0, 0.05) is 13.6 Å². The Hall–Kier alpha value is -1.32. The summed E-state index contributed by atoms with van der Waals surface area (Å²) in [6.07, 6.45) is 4.16. The molecule has 0 atom stereocenters. The van der Waals surface area contributed by atoms with Crippen LogP contribution in [0.4, 0.5) is 0 Å². The van der Waals surface area contributed by atoms with Crippen molar-refractivity contribution in [2.45, 2.75) is 6.42 Å². The molecule has 4 heteroatoms. The van der Waals surface area contributed by atoms with E-state index in [0.717, 1.165) is 6.42 Å². The summed E-state index contributed by atoms with van der Waals surface area (Å²) in [6.45, 7) is 0.808. The molecule has 66 valence electrons. The topological polar surface area (TPSA) is 49.4 Å². The molecule has 2 amide bonds. The van der Waals surface area contributed by atoms with Gasteiger partial charge in [0.25, 0.3) is 0 Å². The first-order valence-electron chi connectivity index (χ1n) is 3.90. The van der Waals surface area contributed by atoms with E-state index in [1.165, 1.54) is 11.0 Å². The van der Waals surface area contributed by atoms with Crippen LogP contribution in [0, 0.1) is 0 Å². The summed E-state index contributed by atoms with van der Waals surface area (Å²) >= 11 is 0. The molecule has 0 aromatic rings. The first-order chi connectivity index (χ1) is 5.74. The smallest absolute Gasteiger partial charge is 0.246 e. The molecule has 1 rings (SSSR count). The Bertz CT molecular complexity index is 223. The van der Waals surface area contributed by atoms with Gasteiger partial charge >= 0.3 is 0 Å². The molecule has 0 fully saturated rings. The summed E-state index contributed by atoms with van der Waals surface area (Å²) in [5.41, 5.74) is 0. The zero-order valence-electron chi connectivity index (χ0n) is 7.04. The van der Waals surface area contributed by atoms with Crippen LogP contribution in [0.5, 0.6) is 0 Å². The van der Waals surface area contributed by atoms with Crippen molar-refractivity contribution in [2.24, 2.45) is 0 Å². The van der Waals surface area contributed by atoms with E-state index in [-0.39, 0.29) is 18.4 Å². The zero-order chi connectivity index (χ0) is 8.97. The van der Waals surface area contributed by atoms with Crippen LogP contribution in [0.15, 0.2) is 12.2 Å². The Morgan fingerprint density at radius 2 is 2.50 bits per heavy atom. The van der Waals surface area contributed by atoms with E-state index in [0.29, 0.717) is 6.54 Å². The van der Waals surface area contributed by atoms with Crippen LogP contribution in [0.3, 0.4) is 0 Å². The summed E-state index contributed by atoms with van der Waals surface area (Å²) in [5, 5.41) is 2.48. The van der Waals surface area contributed by atoms with Crippen LogP contribution in [0.2, 0.25) is 0 Å². The third kappa shape index (κ3) is 2.08. The molecule has 0 aliphatic carbocycles. The van der Waals surface area contributed by atoms with Crippen molar-refractivity contribution in [3.8, 4) is 0 Å². The summed E-state index contributed by atoms with van der Waals surface area (Å²) in [7, 11) is 1.56. The molecular weight excluding hydrogens is 156 g/mol. The fraction of sp³-hybridized carbons (Fsp3) is 0.500. The molecule has 1 aliphatic heterocycles. The number of amides is 2. The Morgan fingerprint density at radius 1 is 1.75 bits per heavy atom. The Morgan fingerprint density at radius 3 is 3.08 bits per heavy atom. The molecule has 0 bridgehead atoms. The van der Waals surface area contributed by atoms with Gasteiger partial charge in [-0.05, 0) is 12.5 Å². The van der Waals surface area contributed by atoms with Crippen LogP contribution >= 0.6 is 0 Å². The van der Waals surface area contributed by atoms with Gasteiger partial charge in [-0.2, -0.15) is 0 Å². The van der Waals surface area contributed by atoms with Crippen LogP contribution < -0.4 is 5.32 Å². The highest BCUT2D eigenvalue weighted by atomic mass is 16.2. The van der Waals surface area contributed by atoms with E-state index >= 15 is 0 Å². The van der Waals surface area contributed by atoms with Gasteiger partial charge in [-0.1, -0.05) is 6.08 Å². The summed E-state index contributed by atoms with van der Waals surface area (Å²) in [5.74, 6) is -0.205. The number of rotatable bonds is 2. The van der Waals surface area contributed by atoms with E-state index in [1.807, 2.05) is 6.08 Å². The number of nitrogens with zero attached hydrogens (tertiary/aromatic N) is 1. The molecule has 4 nitrogen and oxygen atoms in total. The van der Waals surface area contributed by atoms with Gasteiger partial charge < -0.3 is 10.2 Å². The van der Waals surface area contributed by atoms with Gasteiger partial charge in [0.2, 0.25) is 11.8 Å². The lowest BCUT2D eigenvalue weighted by Gasteiger charge is -2.21. The predicted octanol–water partition coefficient (Wildman–Crippen LogP) is -0.479. The van der Waals surface area contributed by atoms with Crippen molar-refractivity contribution in [3.05, 3.63) is 12.2 Å². The molecule has 1 aliphatic rings. The van der Waals surface area contributed by atoms with Crippen molar-refractivity contribution in [2.75, 3.05) is 20.1 Å². The highest BCUT2D eigenvalue weighted by Crippen LogP contribution is 2.01. The van der Waals surface area contributed by atoms with Crippen LogP contribution in [-0.2, 0) is 9.59 Å². The van der Waals surface area contributed by atoms with Crippen molar-refractivity contribution in [1.82, 2.24) is 10.2 Å². The number of carbonyl (C=O) groups excluding carboxylic acids is 2. The lowest BCUT2D eigenvalue weighted by atomic mass is 10.2. The average molecular weight is 168 g/mol. The number of hydrogen-bond donors (Lipinski definition) is 1. The Kier molecular flexibility index (Phi) is 2.85. The molecule has 1 N–H and O–H groups in total. The lowest BCUT2D eigenvalue weighted by Crippen LogP contribution is -2.40. The second kappa shape index (κ2) is 3.90. The average Bonchev–Trinajstić information content (AvgIpc) is 2.09.